The number of halogens is 6. The van der Waals surface area contributed by atoms with Gasteiger partial charge in [0.1, 0.15) is 0 Å². The lowest BCUT2D eigenvalue weighted by Crippen LogP contribution is -2.34. The number of carbonyl (C=O) groups excluding carboxylic acids is 1. The van der Waals surface area contributed by atoms with Crippen LogP contribution in [-0.4, -0.2) is 23.2 Å². The molecule has 0 fully saturated rings. The lowest BCUT2D eigenvalue weighted by Gasteiger charge is -2.26. The second-order valence-electron chi connectivity index (χ2n) is 7.23. The Morgan fingerprint density at radius 3 is 2.16 bits per heavy atom. The van der Waals surface area contributed by atoms with Gasteiger partial charge in [0.05, 0.1) is 38.5 Å². The Morgan fingerprint density at radius 2 is 1.61 bits per heavy atom. The van der Waals surface area contributed by atoms with E-state index in [0.717, 1.165) is 6.92 Å². The van der Waals surface area contributed by atoms with Gasteiger partial charge >= 0.3 is 12.1 Å². The lowest BCUT2D eigenvalue weighted by molar-refractivity contribution is -0.178. The van der Waals surface area contributed by atoms with E-state index in [9.17, 15) is 22.8 Å². The zero-order valence-electron chi connectivity index (χ0n) is 16.4. The minimum Gasteiger partial charge on any atom is -0.481 e. The highest BCUT2D eigenvalue weighted by Gasteiger charge is 2.45. The molecule has 2 aromatic carbocycles. The highest BCUT2D eigenvalue weighted by atomic mass is 35.5. The molecule has 0 spiro atoms. The van der Waals surface area contributed by atoms with E-state index < -0.39 is 35.8 Å². The molecule has 0 aromatic heterocycles. The minimum absolute atomic E-state index is 0.0222. The second kappa shape index (κ2) is 10.1. The first-order valence-corrected chi connectivity index (χ1v) is 10.3. The average molecular weight is 497 g/mol. The molecule has 0 saturated carbocycles. The van der Waals surface area contributed by atoms with E-state index in [-0.39, 0.29) is 32.7 Å². The van der Waals surface area contributed by atoms with Crippen LogP contribution in [0.5, 0.6) is 0 Å². The predicted octanol–water partition coefficient (Wildman–Crippen LogP) is 6.83. The van der Waals surface area contributed by atoms with Gasteiger partial charge in [-0.2, -0.15) is 13.2 Å². The summed E-state index contributed by atoms with van der Waals surface area (Å²) in [6, 6.07) is 8.35. The number of rotatable bonds is 7. The Kier molecular flexibility index (Phi) is 8.25. The molecule has 31 heavy (non-hydrogen) atoms. The van der Waals surface area contributed by atoms with Crippen molar-refractivity contribution in [1.29, 1.82) is 0 Å². The normalized spacial score (nSPS) is 14.6. The van der Waals surface area contributed by atoms with E-state index in [1.165, 1.54) is 37.3 Å². The van der Waals surface area contributed by atoms with Crippen LogP contribution >= 0.6 is 34.8 Å². The first-order chi connectivity index (χ1) is 14.3. The molecule has 3 atom stereocenters. The maximum atomic E-state index is 13.5. The fraction of sp³-hybridized carbons (Fsp3) is 0.333. The van der Waals surface area contributed by atoms with Crippen molar-refractivity contribution < 1.29 is 27.9 Å². The molecule has 2 N–H and O–H groups in total. The standard InChI is InChI=1S/C21H19Cl3F3NO3/c1-10(20(30)31)7-12-3-5-15(23)17(8-12)28-19(29)18(11(2)21(25,26)27)13-4-6-14(22)16(24)9-13/h3-6,8-11,18H,7H2,1-2H3,(H,28,29)(H,30,31)/t10-,11+,18-/m0/s1. The predicted molar refractivity (Wildman–Crippen MR) is 115 cm³/mol. The smallest absolute Gasteiger partial charge is 0.392 e. The van der Waals surface area contributed by atoms with Gasteiger partial charge in [-0.3, -0.25) is 9.59 Å². The number of hydrogen-bond donors (Lipinski definition) is 2. The van der Waals surface area contributed by atoms with Crippen molar-refractivity contribution >= 4 is 52.4 Å². The van der Waals surface area contributed by atoms with Crippen LogP contribution in [0.25, 0.3) is 0 Å². The Balaban J connectivity index is 2.39. The lowest BCUT2D eigenvalue weighted by atomic mass is 9.85. The quantitative estimate of drug-likeness (QED) is 0.441. The third kappa shape index (κ3) is 6.51. The number of alkyl halides is 3. The maximum Gasteiger partial charge on any atom is 0.392 e. The van der Waals surface area contributed by atoms with Crippen molar-refractivity contribution in [3.05, 3.63) is 62.6 Å². The third-order valence-corrected chi connectivity index (χ3v) is 5.92. The van der Waals surface area contributed by atoms with E-state index in [4.69, 9.17) is 39.9 Å². The number of nitrogens with one attached hydrogen (secondary N) is 1. The van der Waals surface area contributed by atoms with E-state index in [1.54, 1.807) is 6.07 Å². The van der Waals surface area contributed by atoms with E-state index in [0.29, 0.717) is 5.56 Å². The Bertz CT molecular complexity index is 982. The zero-order valence-corrected chi connectivity index (χ0v) is 18.7. The zero-order chi connectivity index (χ0) is 23.5. The highest BCUT2D eigenvalue weighted by molar-refractivity contribution is 6.42. The summed E-state index contributed by atoms with van der Waals surface area (Å²) in [5.41, 5.74) is 0.689. The maximum absolute atomic E-state index is 13.5. The summed E-state index contributed by atoms with van der Waals surface area (Å²) in [4.78, 5) is 24.0. The van der Waals surface area contributed by atoms with Gasteiger partial charge < -0.3 is 10.4 Å². The van der Waals surface area contributed by atoms with Crippen molar-refractivity contribution in [2.24, 2.45) is 11.8 Å². The van der Waals surface area contributed by atoms with Crippen LogP contribution in [0.4, 0.5) is 18.9 Å². The average Bonchev–Trinajstić information content (AvgIpc) is 2.66. The Morgan fingerprint density at radius 1 is 1.00 bits per heavy atom. The van der Waals surface area contributed by atoms with E-state index in [2.05, 4.69) is 5.32 Å². The van der Waals surface area contributed by atoms with Crippen LogP contribution in [-0.2, 0) is 16.0 Å². The van der Waals surface area contributed by atoms with Crippen molar-refractivity contribution in [3.8, 4) is 0 Å². The largest absolute Gasteiger partial charge is 0.481 e. The molecule has 4 nitrogen and oxygen atoms in total. The summed E-state index contributed by atoms with van der Waals surface area (Å²) >= 11 is 17.9. The number of anilines is 1. The molecular weight excluding hydrogens is 478 g/mol. The number of carboxylic acids is 1. The summed E-state index contributed by atoms with van der Waals surface area (Å²) in [5.74, 6) is -6.28. The number of hydrogen-bond acceptors (Lipinski definition) is 2. The van der Waals surface area contributed by atoms with Crippen molar-refractivity contribution in [2.45, 2.75) is 32.4 Å². The Labute approximate surface area is 192 Å². The number of carboxylic acid groups (broad SMARTS) is 1. The summed E-state index contributed by atoms with van der Waals surface area (Å²) in [5, 5.41) is 11.8. The van der Waals surface area contributed by atoms with Crippen molar-refractivity contribution in [3.63, 3.8) is 0 Å². The first-order valence-electron chi connectivity index (χ1n) is 9.15. The van der Waals surface area contributed by atoms with Crippen LogP contribution < -0.4 is 5.32 Å². The summed E-state index contributed by atoms with van der Waals surface area (Å²) < 4.78 is 40.5. The number of amides is 1. The molecule has 2 aromatic rings. The molecule has 0 saturated heterocycles. The second-order valence-corrected chi connectivity index (χ2v) is 8.45. The monoisotopic (exact) mass is 495 g/mol. The van der Waals surface area contributed by atoms with Crippen molar-refractivity contribution in [2.75, 3.05) is 5.32 Å². The molecule has 10 heteroatoms. The molecule has 1 amide bonds. The van der Waals surface area contributed by atoms with Crippen LogP contribution in [0.3, 0.4) is 0 Å². The van der Waals surface area contributed by atoms with Gasteiger partial charge in [0.25, 0.3) is 0 Å². The molecule has 0 bridgehead atoms. The van der Waals surface area contributed by atoms with Gasteiger partial charge in [0.15, 0.2) is 0 Å². The van der Waals surface area contributed by atoms with E-state index >= 15 is 0 Å². The molecule has 0 heterocycles. The number of benzene rings is 2. The van der Waals surface area contributed by atoms with E-state index in [1.807, 2.05) is 0 Å². The molecule has 2 rings (SSSR count). The molecule has 0 aliphatic rings. The fourth-order valence-corrected chi connectivity index (χ4v) is 3.48. The van der Waals surface area contributed by atoms with Crippen LogP contribution in [0.2, 0.25) is 15.1 Å². The molecule has 0 unspecified atom stereocenters. The summed E-state index contributed by atoms with van der Waals surface area (Å²) in [7, 11) is 0. The third-order valence-electron chi connectivity index (χ3n) is 4.85. The van der Waals surface area contributed by atoms with Crippen LogP contribution in [0, 0.1) is 11.8 Å². The summed E-state index contributed by atoms with van der Waals surface area (Å²) in [6.07, 6.45) is -4.50. The minimum atomic E-state index is -4.66. The van der Waals surface area contributed by atoms with Gasteiger partial charge in [-0.15, -0.1) is 0 Å². The number of aliphatic carboxylic acids is 1. The SMILES string of the molecule is C[C@H]([C@H](C(=O)Nc1cc(C[C@H](C)C(=O)O)ccc1Cl)c1ccc(Cl)c(Cl)c1)C(F)(F)F. The first kappa shape index (κ1) is 25.3. The molecule has 0 aliphatic heterocycles. The van der Waals surface area contributed by atoms with Crippen LogP contribution in [0.1, 0.15) is 30.9 Å². The highest BCUT2D eigenvalue weighted by Crippen LogP contribution is 2.40. The van der Waals surface area contributed by atoms with Gasteiger partial charge in [0.2, 0.25) is 5.91 Å². The van der Waals surface area contributed by atoms with Crippen molar-refractivity contribution in [1.82, 2.24) is 0 Å². The fourth-order valence-electron chi connectivity index (χ4n) is 3.01. The van der Waals surface area contributed by atoms with Gasteiger partial charge in [-0.25, -0.2) is 0 Å². The van der Waals surface area contributed by atoms with Crippen LogP contribution in [0.15, 0.2) is 36.4 Å². The van der Waals surface area contributed by atoms with Gasteiger partial charge in [-0.1, -0.05) is 60.8 Å². The molecular formula is C21H19Cl3F3NO3. The summed E-state index contributed by atoms with van der Waals surface area (Å²) in [6.45, 7) is 2.42. The molecule has 168 valence electrons. The topological polar surface area (TPSA) is 66.4 Å². The number of carbonyl (C=O) groups is 2. The molecule has 0 radical (unpaired) electrons. The van der Waals surface area contributed by atoms with Gasteiger partial charge in [0, 0.05) is 0 Å². The Hall–Kier alpha value is -1.96. The van der Waals surface area contributed by atoms with Gasteiger partial charge in [-0.05, 0) is 41.8 Å². The molecule has 0 aliphatic carbocycles.